The maximum absolute atomic E-state index is 11.3. The Morgan fingerprint density at radius 2 is 2.50 bits per heavy atom. The Morgan fingerprint density at radius 1 is 1.78 bits per heavy atom. The Kier molecular flexibility index (Phi) is 3.21. The number of carbonyl (C=O) groups is 1. The lowest BCUT2D eigenvalue weighted by atomic mass is 10.2. The van der Waals surface area contributed by atoms with Gasteiger partial charge in [0.15, 0.2) is 16.5 Å². The van der Waals surface area contributed by atoms with E-state index in [1.807, 2.05) is 6.92 Å². The summed E-state index contributed by atoms with van der Waals surface area (Å²) in [6, 6.07) is 1.99. The lowest BCUT2D eigenvalue weighted by Crippen LogP contribution is -2.30. The molecule has 0 bridgehead atoms. The molecule has 0 aliphatic heterocycles. The van der Waals surface area contributed by atoms with Crippen molar-refractivity contribution in [1.82, 2.24) is 9.38 Å². The zero-order chi connectivity index (χ0) is 13.3. The van der Waals surface area contributed by atoms with E-state index in [0.717, 1.165) is 0 Å². The van der Waals surface area contributed by atoms with Crippen LogP contribution in [0.4, 0.5) is 5.82 Å². The first-order valence-corrected chi connectivity index (χ1v) is 6.22. The second kappa shape index (κ2) is 4.66. The number of hydrogen-bond donors (Lipinski definition) is 1. The summed E-state index contributed by atoms with van der Waals surface area (Å²) in [4.78, 5) is 18.0. The number of imidazole rings is 1. The summed E-state index contributed by atoms with van der Waals surface area (Å²) in [5, 5.41) is 19.8. The van der Waals surface area contributed by atoms with Crippen LogP contribution in [-0.2, 0) is 0 Å². The van der Waals surface area contributed by atoms with Crippen LogP contribution >= 0.6 is 11.3 Å². The highest BCUT2D eigenvalue weighted by molar-refractivity contribution is 7.15. The van der Waals surface area contributed by atoms with Crippen LogP contribution in [0.3, 0.4) is 0 Å². The summed E-state index contributed by atoms with van der Waals surface area (Å²) in [6.45, 7) is 1.86. The fourth-order valence-electron chi connectivity index (χ4n) is 1.70. The fraction of sp³-hybridized carbons (Fsp3) is 0.364. The van der Waals surface area contributed by atoms with Crippen LogP contribution in [0.5, 0.6) is 0 Å². The quantitative estimate of drug-likeness (QED) is 0.911. The summed E-state index contributed by atoms with van der Waals surface area (Å²) < 4.78 is 1.55. The average molecular weight is 264 g/mol. The molecule has 2 aromatic heterocycles. The predicted molar refractivity (Wildman–Crippen MR) is 68.1 cm³/mol. The van der Waals surface area contributed by atoms with E-state index in [2.05, 4.69) is 11.1 Å². The molecule has 0 aliphatic rings. The molecule has 2 aromatic rings. The third kappa shape index (κ3) is 1.91. The highest BCUT2D eigenvalue weighted by atomic mass is 32.1. The minimum Gasteiger partial charge on any atom is -0.476 e. The molecule has 0 aliphatic carbocycles. The Balaban J connectivity index is 2.50. The van der Waals surface area contributed by atoms with Crippen molar-refractivity contribution in [2.24, 2.45) is 0 Å². The fourth-order valence-corrected chi connectivity index (χ4v) is 2.41. The number of thiazole rings is 1. The van der Waals surface area contributed by atoms with E-state index in [0.29, 0.717) is 17.2 Å². The number of rotatable bonds is 4. The van der Waals surface area contributed by atoms with Crippen LogP contribution in [0.15, 0.2) is 11.6 Å². The molecule has 6 nitrogen and oxygen atoms in total. The van der Waals surface area contributed by atoms with Crippen molar-refractivity contribution in [3.63, 3.8) is 0 Å². The maximum Gasteiger partial charge on any atom is 0.356 e. The molecule has 2 rings (SSSR count). The Hall–Kier alpha value is -2.07. The molecule has 0 radical (unpaired) electrons. The van der Waals surface area contributed by atoms with Crippen molar-refractivity contribution in [2.45, 2.75) is 19.4 Å². The van der Waals surface area contributed by atoms with Gasteiger partial charge < -0.3 is 10.0 Å². The van der Waals surface area contributed by atoms with Gasteiger partial charge in [-0.25, -0.2) is 9.78 Å². The molecule has 2 heterocycles. The van der Waals surface area contributed by atoms with Crippen molar-refractivity contribution >= 4 is 28.1 Å². The van der Waals surface area contributed by atoms with Gasteiger partial charge in [-0.1, -0.05) is 0 Å². The van der Waals surface area contributed by atoms with Gasteiger partial charge >= 0.3 is 5.97 Å². The number of hydrogen-bond acceptors (Lipinski definition) is 5. The summed E-state index contributed by atoms with van der Waals surface area (Å²) in [5.74, 6) is -0.621. The van der Waals surface area contributed by atoms with Gasteiger partial charge in [-0.15, -0.1) is 11.3 Å². The summed E-state index contributed by atoms with van der Waals surface area (Å²) in [5.41, 5.74) is 0.138. The molecular formula is C11H12N4O2S. The molecule has 1 atom stereocenters. The first-order chi connectivity index (χ1) is 8.56. The normalized spacial score (nSPS) is 12.3. The number of carboxylic acid groups (broad SMARTS) is 1. The molecule has 0 spiro atoms. The van der Waals surface area contributed by atoms with E-state index in [-0.39, 0.29) is 11.7 Å². The molecule has 7 heteroatoms. The lowest BCUT2D eigenvalue weighted by Gasteiger charge is -2.23. The molecule has 1 N–H and O–H groups in total. The molecule has 0 saturated heterocycles. The van der Waals surface area contributed by atoms with E-state index in [9.17, 15) is 9.90 Å². The van der Waals surface area contributed by atoms with Gasteiger partial charge in [0.1, 0.15) is 0 Å². The minimum absolute atomic E-state index is 0.0855. The van der Waals surface area contributed by atoms with Crippen LogP contribution < -0.4 is 4.90 Å². The number of nitrogens with zero attached hydrogens (tertiary/aromatic N) is 4. The zero-order valence-electron chi connectivity index (χ0n) is 9.99. The van der Waals surface area contributed by atoms with Crippen LogP contribution in [0.25, 0.3) is 4.96 Å². The molecule has 0 aromatic carbocycles. The van der Waals surface area contributed by atoms with Gasteiger partial charge in [-0.05, 0) is 6.92 Å². The number of anilines is 1. The topological polar surface area (TPSA) is 81.6 Å². The molecular weight excluding hydrogens is 252 g/mol. The Bertz CT molecular complexity index is 625. The largest absolute Gasteiger partial charge is 0.476 e. The van der Waals surface area contributed by atoms with Crippen molar-refractivity contribution in [2.75, 3.05) is 11.9 Å². The first-order valence-electron chi connectivity index (χ1n) is 5.35. The third-order valence-electron chi connectivity index (χ3n) is 2.83. The summed E-state index contributed by atoms with van der Waals surface area (Å²) >= 11 is 1.38. The second-order valence-electron chi connectivity index (χ2n) is 3.97. The smallest absolute Gasteiger partial charge is 0.356 e. The summed E-state index contributed by atoms with van der Waals surface area (Å²) in [7, 11) is 1.75. The van der Waals surface area contributed by atoms with Crippen molar-refractivity contribution in [3.05, 3.63) is 17.3 Å². The molecule has 0 saturated carbocycles. The van der Waals surface area contributed by atoms with E-state index in [1.54, 1.807) is 27.9 Å². The molecule has 0 fully saturated rings. The van der Waals surface area contributed by atoms with Gasteiger partial charge in [-0.3, -0.25) is 4.40 Å². The second-order valence-corrected chi connectivity index (χ2v) is 4.84. The predicted octanol–water partition coefficient (Wildman–Crippen LogP) is 1.83. The van der Waals surface area contributed by atoms with Crippen molar-refractivity contribution < 1.29 is 9.90 Å². The Morgan fingerprint density at radius 3 is 3.11 bits per heavy atom. The maximum atomic E-state index is 11.3. The number of aromatic nitrogens is 2. The highest BCUT2D eigenvalue weighted by Crippen LogP contribution is 2.25. The first kappa shape index (κ1) is 12.4. The van der Waals surface area contributed by atoms with Gasteiger partial charge in [-0.2, -0.15) is 5.26 Å². The number of fused-ring (bicyclic) bond motifs is 1. The van der Waals surface area contributed by atoms with Crippen molar-refractivity contribution in [3.8, 4) is 6.07 Å². The third-order valence-corrected chi connectivity index (χ3v) is 3.58. The van der Waals surface area contributed by atoms with Gasteiger partial charge in [0.05, 0.1) is 12.5 Å². The van der Waals surface area contributed by atoms with Gasteiger partial charge in [0.2, 0.25) is 0 Å². The highest BCUT2D eigenvalue weighted by Gasteiger charge is 2.24. The van der Waals surface area contributed by atoms with E-state index >= 15 is 0 Å². The number of carboxylic acids is 1. The Labute approximate surface area is 108 Å². The minimum atomic E-state index is -1.02. The zero-order valence-corrected chi connectivity index (χ0v) is 10.8. The average Bonchev–Trinajstić information content (AvgIpc) is 2.86. The molecule has 18 heavy (non-hydrogen) atoms. The lowest BCUT2D eigenvalue weighted by molar-refractivity contribution is 0.0690. The number of nitriles is 1. The van der Waals surface area contributed by atoms with Crippen LogP contribution in [0.1, 0.15) is 23.8 Å². The van der Waals surface area contributed by atoms with Crippen LogP contribution in [0.2, 0.25) is 0 Å². The molecule has 0 amide bonds. The van der Waals surface area contributed by atoms with E-state index < -0.39 is 5.97 Å². The SMILES string of the molecule is CC(CC#N)N(C)c1nc2sccn2c1C(=O)O. The van der Waals surface area contributed by atoms with E-state index in [4.69, 9.17) is 5.26 Å². The van der Waals surface area contributed by atoms with Crippen LogP contribution in [0, 0.1) is 11.3 Å². The van der Waals surface area contributed by atoms with E-state index in [1.165, 1.54) is 11.3 Å². The number of aromatic carboxylic acids is 1. The van der Waals surface area contributed by atoms with Gasteiger partial charge in [0, 0.05) is 24.7 Å². The van der Waals surface area contributed by atoms with Crippen molar-refractivity contribution in [1.29, 1.82) is 5.26 Å². The molecule has 94 valence electrons. The standard InChI is InChI=1S/C11H12N4O2S/c1-7(3-4-12)14(2)9-8(10(16)17)15-5-6-18-11(15)13-9/h5-7H,3H2,1-2H3,(H,16,17). The van der Waals surface area contributed by atoms with Gasteiger partial charge in [0.25, 0.3) is 0 Å². The molecule has 1 unspecified atom stereocenters. The van der Waals surface area contributed by atoms with Crippen LogP contribution in [-0.4, -0.2) is 33.6 Å². The monoisotopic (exact) mass is 264 g/mol. The summed E-state index contributed by atoms with van der Waals surface area (Å²) in [6.07, 6.45) is 2.00.